The van der Waals surface area contributed by atoms with Gasteiger partial charge in [0.15, 0.2) is 0 Å². The van der Waals surface area contributed by atoms with Crippen LogP contribution >= 0.6 is 27.5 Å². The lowest BCUT2D eigenvalue weighted by Gasteiger charge is -2.05. The molecule has 0 aliphatic heterocycles. The van der Waals surface area contributed by atoms with Crippen molar-refractivity contribution < 1.29 is 0 Å². The zero-order valence-corrected chi connectivity index (χ0v) is 10.7. The maximum atomic E-state index is 5.70. The molecule has 0 bridgehead atoms. The van der Waals surface area contributed by atoms with Crippen LogP contribution in [0.1, 0.15) is 5.56 Å². The van der Waals surface area contributed by atoms with Crippen LogP contribution in [0.5, 0.6) is 0 Å². The van der Waals surface area contributed by atoms with Gasteiger partial charge in [-0.1, -0.05) is 17.7 Å². The van der Waals surface area contributed by atoms with E-state index in [1.165, 1.54) is 0 Å². The highest BCUT2D eigenvalue weighted by Gasteiger charge is 1.96. The second-order valence-corrected chi connectivity index (χ2v) is 4.54. The van der Waals surface area contributed by atoms with Crippen molar-refractivity contribution in [2.75, 3.05) is 5.32 Å². The molecule has 2 aromatic rings. The van der Waals surface area contributed by atoms with E-state index >= 15 is 0 Å². The van der Waals surface area contributed by atoms with Crippen LogP contribution in [0.15, 0.2) is 41.3 Å². The summed E-state index contributed by atoms with van der Waals surface area (Å²) in [4.78, 5) is 8.07. The van der Waals surface area contributed by atoms with Crippen LogP contribution in [0.4, 0.5) is 5.69 Å². The molecule has 2 rings (SSSR count). The molecule has 0 aliphatic carbocycles. The van der Waals surface area contributed by atoms with E-state index in [0.717, 1.165) is 15.7 Å². The molecule has 3 nitrogen and oxygen atoms in total. The zero-order valence-electron chi connectivity index (χ0n) is 8.32. The van der Waals surface area contributed by atoms with Crippen LogP contribution in [0.2, 0.25) is 5.15 Å². The second kappa shape index (κ2) is 5.27. The van der Waals surface area contributed by atoms with Crippen molar-refractivity contribution in [3.8, 4) is 0 Å². The third kappa shape index (κ3) is 3.18. The molecule has 0 unspecified atom stereocenters. The molecule has 0 amide bonds. The summed E-state index contributed by atoms with van der Waals surface area (Å²) < 4.78 is 0.951. The molecule has 0 saturated carbocycles. The summed E-state index contributed by atoms with van der Waals surface area (Å²) in [5.74, 6) is 0. The van der Waals surface area contributed by atoms with Gasteiger partial charge in [-0.05, 0) is 33.6 Å². The smallest absolute Gasteiger partial charge is 0.129 e. The molecule has 5 heteroatoms. The van der Waals surface area contributed by atoms with E-state index in [2.05, 4.69) is 31.2 Å². The van der Waals surface area contributed by atoms with E-state index in [0.29, 0.717) is 11.7 Å². The molecule has 1 N–H and O–H groups in total. The molecule has 82 valence electrons. The maximum absolute atomic E-state index is 5.70. The SMILES string of the molecule is Clc1ccc(CNc2cncc(Br)c2)cn1. The van der Waals surface area contributed by atoms with Gasteiger partial charge < -0.3 is 5.32 Å². The lowest BCUT2D eigenvalue weighted by molar-refractivity contribution is 1.10. The van der Waals surface area contributed by atoms with Crippen LogP contribution in [0.3, 0.4) is 0 Å². The van der Waals surface area contributed by atoms with Gasteiger partial charge in [-0.25, -0.2) is 4.98 Å². The van der Waals surface area contributed by atoms with Crippen LogP contribution < -0.4 is 5.32 Å². The third-order valence-electron chi connectivity index (χ3n) is 1.99. The third-order valence-corrected chi connectivity index (χ3v) is 2.65. The Morgan fingerprint density at radius 1 is 1.25 bits per heavy atom. The number of hydrogen-bond donors (Lipinski definition) is 1. The van der Waals surface area contributed by atoms with Crippen LogP contribution in [-0.4, -0.2) is 9.97 Å². The topological polar surface area (TPSA) is 37.8 Å². The van der Waals surface area contributed by atoms with Gasteiger partial charge in [-0.15, -0.1) is 0 Å². The number of nitrogens with one attached hydrogen (secondary N) is 1. The quantitative estimate of drug-likeness (QED) is 0.881. The molecule has 2 aromatic heterocycles. The van der Waals surface area contributed by atoms with E-state index in [-0.39, 0.29) is 0 Å². The normalized spacial score (nSPS) is 10.1. The highest BCUT2D eigenvalue weighted by Crippen LogP contribution is 2.14. The van der Waals surface area contributed by atoms with Gasteiger partial charge in [0.2, 0.25) is 0 Å². The first-order valence-corrected chi connectivity index (χ1v) is 5.86. The van der Waals surface area contributed by atoms with Gasteiger partial charge in [0, 0.05) is 23.4 Å². The van der Waals surface area contributed by atoms with E-state index < -0.39 is 0 Å². The summed E-state index contributed by atoms with van der Waals surface area (Å²) in [5, 5.41) is 3.75. The molecular weight excluding hydrogens is 289 g/mol. The number of halogens is 2. The summed E-state index contributed by atoms with van der Waals surface area (Å²) in [7, 11) is 0. The van der Waals surface area contributed by atoms with Gasteiger partial charge in [0.05, 0.1) is 11.9 Å². The monoisotopic (exact) mass is 297 g/mol. The fraction of sp³-hybridized carbons (Fsp3) is 0.0909. The van der Waals surface area contributed by atoms with E-state index in [9.17, 15) is 0 Å². The van der Waals surface area contributed by atoms with Crippen LogP contribution in [-0.2, 0) is 6.54 Å². The largest absolute Gasteiger partial charge is 0.380 e. The molecule has 0 aliphatic rings. The van der Waals surface area contributed by atoms with Crippen molar-refractivity contribution in [3.63, 3.8) is 0 Å². The Hall–Kier alpha value is -1.13. The van der Waals surface area contributed by atoms with E-state index in [1.807, 2.05) is 12.1 Å². The Morgan fingerprint density at radius 2 is 2.12 bits per heavy atom. The van der Waals surface area contributed by atoms with Crippen molar-refractivity contribution >= 4 is 33.2 Å². The van der Waals surface area contributed by atoms with Crippen molar-refractivity contribution in [3.05, 3.63) is 52.0 Å². The molecule has 0 saturated heterocycles. The highest BCUT2D eigenvalue weighted by atomic mass is 79.9. The fourth-order valence-electron chi connectivity index (χ4n) is 1.22. The van der Waals surface area contributed by atoms with Crippen molar-refractivity contribution in [1.29, 1.82) is 0 Å². The highest BCUT2D eigenvalue weighted by molar-refractivity contribution is 9.10. The Labute approximate surface area is 107 Å². The van der Waals surface area contributed by atoms with Gasteiger partial charge in [-0.2, -0.15) is 0 Å². The maximum Gasteiger partial charge on any atom is 0.129 e. The molecular formula is C11H9BrClN3. The standard InChI is InChI=1S/C11H9BrClN3/c12-9-3-10(7-14-6-9)15-4-8-1-2-11(13)16-5-8/h1-3,5-7,15H,4H2. The number of nitrogens with zero attached hydrogens (tertiary/aromatic N) is 2. The van der Waals surface area contributed by atoms with Crippen molar-refractivity contribution in [2.24, 2.45) is 0 Å². The molecule has 2 heterocycles. The number of hydrogen-bond acceptors (Lipinski definition) is 3. The molecule has 0 spiro atoms. The Balaban J connectivity index is 1.99. The lowest BCUT2D eigenvalue weighted by Crippen LogP contribution is -2.00. The Morgan fingerprint density at radius 3 is 2.81 bits per heavy atom. The minimum atomic E-state index is 0.507. The fourth-order valence-corrected chi connectivity index (χ4v) is 1.70. The second-order valence-electron chi connectivity index (χ2n) is 3.23. The average molecular weight is 299 g/mol. The van der Waals surface area contributed by atoms with Crippen LogP contribution in [0, 0.1) is 0 Å². The zero-order chi connectivity index (χ0) is 11.4. The molecule has 0 aromatic carbocycles. The minimum Gasteiger partial charge on any atom is -0.380 e. The number of pyridine rings is 2. The van der Waals surface area contributed by atoms with Gasteiger partial charge >= 0.3 is 0 Å². The van der Waals surface area contributed by atoms with E-state index in [4.69, 9.17) is 11.6 Å². The molecule has 0 atom stereocenters. The predicted octanol–water partition coefficient (Wildman–Crippen LogP) is 3.50. The average Bonchev–Trinajstić information content (AvgIpc) is 2.28. The summed E-state index contributed by atoms with van der Waals surface area (Å²) >= 11 is 9.07. The summed E-state index contributed by atoms with van der Waals surface area (Å²) in [6.07, 6.45) is 5.27. The summed E-state index contributed by atoms with van der Waals surface area (Å²) in [5.41, 5.74) is 2.04. The summed E-state index contributed by atoms with van der Waals surface area (Å²) in [6, 6.07) is 5.68. The number of anilines is 1. The molecule has 0 radical (unpaired) electrons. The van der Waals surface area contributed by atoms with Crippen LogP contribution in [0.25, 0.3) is 0 Å². The van der Waals surface area contributed by atoms with Crippen molar-refractivity contribution in [2.45, 2.75) is 6.54 Å². The molecule has 16 heavy (non-hydrogen) atoms. The first-order valence-electron chi connectivity index (χ1n) is 4.69. The predicted molar refractivity (Wildman–Crippen MR) is 68.5 cm³/mol. The van der Waals surface area contributed by atoms with Gasteiger partial charge in [-0.3, -0.25) is 4.98 Å². The van der Waals surface area contributed by atoms with Crippen molar-refractivity contribution in [1.82, 2.24) is 9.97 Å². The Kier molecular flexibility index (Phi) is 3.74. The lowest BCUT2D eigenvalue weighted by atomic mass is 10.3. The van der Waals surface area contributed by atoms with Gasteiger partial charge in [0.1, 0.15) is 5.15 Å². The molecule has 0 fully saturated rings. The number of rotatable bonds is 3. The first-order chi connectivity index (χ1) is 7.74. The Bertz CT molecular complexity index is 473. The van der Waals surface area contributed by atoms with E-state index in [1.54, 1.807) is 24.7 Å². The summed E-state index contributed by atoms with van der Waals surface area (Å²) in [6.45, 7) is 0.697. The number of aromatic nitrogens is 2. The first kappa shape index (κ1) is 11.4. The van der Waals surface area contributed by atoms with Gasteiger partial charge in [0.25, 0.3) is 0 Å². The minimum absolute atomic E-state index is 0.507.